The number of carboxylic acid groups (broad SMARTS) is 2. The van der Waals surface area contributed by atoms with E-state index in [2.05, 4.69) is 0 Å². The van der Waals surface area contributed by atoms with Crippen molar-refractivity contribution in [3.8, 4) is 0 Å². The minimum atomic E-state index is -1.45. The molecule has 1 heterocycles. The molecule has 0 amide bonds. The third-order valence-electron chi connectivity index (χ3n) is 1.91. The Bertz CT molecular complexity index is 398. The summed E-state index contributed by atoms with van der Waals surface area (Å²) in [5.74, 6) is -2.37. The minimum absolute atomic E-state index is 0.00146. The summed E-state index contributed by atoms with van der Waals surface area (Å²) in [5.41, 5.74) is 0.00146. The maximum Gasteiger partial charge on any atom is 0.336 e. The van der Waals surface area contributed by atoms with Crippen LogP contribution in [0.25, 0.3) is 0 Å². The molecule has 16 heavy (non-hydrogen) atoms. The lowest BCUT2D eigenvalue weighted by Gasteiger charge is -2.13. The molecule has 88 valence electrons. The number of carboxylic acids is 2. The number of aromatic carboxylic acids is 1. The average Bonchev–Trinajstić information content (AvgIpc) is 2.64. The fraction of sp³-hybridized carbons (Fsp3) is 0.333. The second-order valence-electron chi connectivity index (χ2n) is 3.15. The summed E-state index contributed by atoms with van der Waals surface area (Å²) in [5, 5.41) is 37.2. The van der Waals surface area contributed by atoms with Crippen molar-refractivity contribution in [1.29, 1.82) is 0 Å². The molecule has 0 aliphatic heterocycles. The number of hydrogen-bond acceptors (Lipinski definition) is 5. The van der Waals surface area contributed by atoms with E-state index < -0.39 is 30.6 Å². The van der Waals surface area contributed by atoms with Gasteiger partial charge in [-0.1, -0.05) is 0 Å². The molecule has 2 unspecified atom stereocenters. The van der Waals surface area contributed by atoms with Gasteiger partial charge in [0, 0.05) is 10.3 Å². The molecule has 2 atom stereocenters. The van der Waals surface area contributed by atoms with Crippen molar-refractivity contribution in [2.75, 3.05) is 0 Å². The largest absolute Gasteiger partial charge is 0.481 e. The number of aliphatic hydroxyl groups excluding tert-OH is 2. The molecule has 1 aromatic heterocycles. The Balaban J connectivity index is 2.75. The summed E-state index contributed by atoms with van der Waals surface area (Å²) in [6.45, 7) is 0. The van der Waals surface area contributed by atoms with Gasteiger partial charge in [-0.2, -0.15) is 0 Å². The number of rotatable bonds is 5. The molecule has 1 aromatic rings. The van der Waals surface area contributed by atoms with E-state index in [9.17, 15) is 19.8 Å². The first-order valence-electron chi connectivity index (χ1n) is 4.31. The fourth-order valence-electron chi connectivity index (χ4n) is 1.10. The maximum atomic E-state index is 10.6. The predicted octanol–water partition coefficient (Wildman–Crippen LogP) is 0.315. The van der Waals surface area contributed by atoms with Gasteiger partial charge in [0.2, 0.25) is 0 Å². The summed E-state index contributed by atoms with van der Waals surface area (Å²) in [7, 11) is 0. The van der Waals surface area contributed by atoms with Gasteiger partial charge in [-0.3, -0.25) is 4.79 Å². The van der Waals surface area contributed by atoms with E-state index in [0.29, 0.717) is 0 Å². The molecule has 1 rings (SSSR count). The molecular formula is C9H10O6S. The third-order valence-corrected chi connectivity index (χ3v) is 2.91. The van der Waals surface area contributed by atoms with Crippen LogP contribution in [0, 0.1) is 0 Å². The highest BCUT2D eigenvalue weighted by Gasteiger charge is 2.23. The van der Waals surface area contributed by atoms with Gasteiger partial charge < -0.3 is 20.4 Å². The van der Waals surface area contributed by atoms with Gasteiger partial charge in [-0.05, 0) is 6.07 Å². The Labute approximate surface area is 94.4 Å². The molecule has 0 fully saturated rings. The number of thiophene rings is 1. The van der Waals surface area contributed by atoms with Crippen molar-refractivity contribution in [2.24, 2.45) is 0 Å². The topological polar surface area (TPSA) is 115 Å². The summed E-state index contributed by atoms with van der Waals surface area (Å²) in [4.78, 5) is 21.1. The zero-order valence-electron chi connectivity index (χ0n) is 8.03. The zero-order chi connectivity index (χ0) is 12.3. The van der Waals surface area contributed by atoms with Crippen LogP contribution in [0.2, 0.25) is 0 Å². The van der Waals surface area contributed by atoms with Crippen molar-refractivity contribution in [3.63, 3.8) is 0 Å². The lowest BCUT2D eigenvalue weighted by atomic mass is 10.1. The Hall–Kier alpha value is -1.44. The summed E-state index contributed by atoms with van der Waals surface area (Å²) < 4.78 is 0. The van der Waals surface area contributed by atoms with Crippen LogP contribution >= 0.6 is 11.3 Å². The standard InChI is InChI=1S/C9H10O6S/c10-5(2-7(11)12)8(13)6-1-4(3-16-6)9(14)15/h1,3,5,8,10,13H,2H2,(H,11,12)(H,14,15). The van der Waals surface area contributed by atoms with Crippen molar-refractivity contribution in [2.45, 2.75) is 18.6 Å². The normalized spacial score (nSPS) is 14.4. The van der Waals surface area contributed by atoms with Gasteiger partial charge in [0.25, 0.3) is 0 Å². The second-order valence-corrected chi connectivity index (χ2v) is 4.10. The van der Waals surface area contributed by atoms with Crippen LogP contribution in [0.1, 0.15) is 27.8 Å². The van der Waals surface area contributed by atoms with Crippen molar-refractivity contribution >= 4 is 23.3 Å². The van der Waals surface area contributed by atoms with E-state index in [0.717, 1.165) is 11.3 Å². The van der Waals surface area contributed by atoms with Crippen LogP contribution in [0.15, 0.2) is 11.4 Å². The zero-order valence-corrected chi connectivity index (χ0v) is 8.85. The fourth-order valence-corrected chi connectivity index (χ4v) is 2.02. The smallest absolute Gasteiger partial charge is 0.336 e. The van der Waals surface area contributed by atoms with E-state index in [-0.39, 0.29) is 10.4 Å². The summed E-state index contributed by atoms with van der Waals surface area (Å²) in [6, 6.07) is 1.21. The first kappa shape index (κ1) is 12.6. The monoisotopic (exact) mass is 246 g/mol. The van der Waals surface area contributed by atoms with Gasteiger partial charge in [-0.25, -0.2) is 4.79 Å². The van der Waals surface area contributed by atoms with Gasteiger partial charge >= 0.3 is 11.9 Å². The first-order valence-corrected chi connectivity index (χ1v) is 5.19. The van der Waals surface area contributed by atoms with Crippen molar-refractivity contribution in [1.82, 2.24) is 0 Å². The van der Waals surface area contributed by atoms with Gasteiger partial charge in [0.05, 0.1) is 18.1 Å². The van der Waals surface area contributed by atoms with Gasteiger partial charge in [0.15, 0.2) is 0 Å². The number of aliphatic carboxylic acids is 1. The maximum absolute atomic E-state index is 10.6. The lowest BCUT2D eigenvalue weighted by Crippen LogP contribution is -2.21. The Morgan fingerprint density at radius 3 is 2.38 bits per heavy atom. The molecule has 0 aliphatic rings. The van der Waals surface area contributed by atoms with Crippen LogP contribution < -0.4 is 0 Å². The molecule has 0 saturated heterocycles. The van der Waals surface area contributed by atoms with E-state index >= 15 is 0 Å². The van der Waals surface area contributed by atoms with Crippen LogP contribution in [0.5, 0.6) is 0 Å². The third kappa shape index (κ3) is 3.02. The van der Waals surface area contributed by atoms with Crippen LogP contribution in [-0.4, -0.2) is 38.5 Å². The molecule has 0 aliphatic carbocycles. The molecule has 0 aromatic carbocycles. The Morgan fingerprint density at radius 1 is 1.31 bits per heavy atom. The highest BCUT2D eigenvalue weighted by atomic mass is 32.1. The van der Waals surface area contributed by atoms with Crippen molar-refractivity contribution < 1.29 is 30.0 Å². The minimum Gasteiger partial charge on any atom is -0.481 e. The highest BCUT2D eigenvalue weighted by molar-refractivity contribution is 7.10. The number of carbonyl (C=O) groups is 2. The summed E-state index contributed by atoms with van der Waals surface area (Å²) >= 11 is 0.958. The van der Waals surface area contributed by atoms with Gasteiger partial charge in [0.1, 0.15) is 6.10 Å². The molecule has 4 N–H and O–H groups in total. The van der Waals surface area contributed by atoms with Crippen LogP contribution in [0.3, 0.4) is 0 Å². The molecule has 7 heteroatoms. The van der Waals surface area contributed by atoms with E-state index in [1.807, 2.05) is 0 Å². The van der Waals surface area contributed by atoms with E-state index in [1.54, 1.807) is 0 Å². The average molecular weight is 246 g/mol. The number of aliphatic hydroxyl groups is 2. The Morgan fingerprint density at radius 2 is 1.94 bits per heavy atom. The van der Waals surface area contributed by atoms with Crippen LogP contribution in [0.4, 0.5) is 0 Å². The quantitative estimate of drug-likeness (QED) is 0.594. The SMILES string of the molecule is O=C(O)CC(O)C(O)c1cc(C(=O)O)cs1. The number of hydrogen-bond donors (Lipinski definition) is 4. The molecular weight excluding hydrogens is 236 g/mol. The van der Waals surface area contributed by atoms with Crippen LogP contribution in [-0.2, 0) is 4.79 Å². The summed E-state index contributed by atoms with van der Waals surface area (Å²) in [6.07, 6.45) is -3.42. The molecule has 0 saturated carbocycles. The van der Waals surface area contributed by atoms with E-state index in [4.69, 9.17) is 10.2 Å². The molecule has 0 radical (unpaired) electrons. The molecule has 6 nitrogen and oxygen atoms in total. The lowest BCUT2D eigenvalue weighted by molar-refractivity contribution is -0.141. The van der Waals surface area contributed by atoms with E-state index in [1.165, 1.54) is 11.4 Å². The predicted molar refractivity (Wildman–Crippen MR) is 54.5 cm³/mol. The molecule has 0 bridgehead atoms. The first-order chi connectivity index (χ1) is 7.41. The molecule has 0 spiro atoms. The Kier molecular flexibility index (Phi) is 3.99. The van der Waals surface area contributed by atoms with Crippen molar-refractivity contribution in [3.05, 3.63) is 21.9 Å². The highest BCUT2D eigenvalue weighted by Crippen LogP contribution is 2.25. The van der Waals surface area contributed by atoms with Gasteiger partial charge in [-0.15, -0.1) is 11.3 Å². The second kappa shape index (κ2) is 5.06.